The van der Waals surface area contributed by atoms with Crippen molar-refractivity contribution in [3.8, 4) is 12.3 Å². The monoisotopic (exact) mass is 185 g/mol. The maximum absolute atomic E-state index is 5.33. The molecule has 1 aromatic rings. The van der Waals surface area contributed by atoms with Crippen LogP contribution in [0, 0.1) is 24.2 Å². The van der Waals surface area contributed by atoms with Crippen molar-refractivity contribution in [2.24, 2.45) is 11.8 Å². The minimum absolute atomic E-state index is 0.865. The van der Waals surface area contributed by atoms with Gasteiger partial charge in [-0.25, -0.2) is 0 Å². The fourth-order valence-corrected chi connectivity index (χ4v) is 1.65. The third-order valence-corrected chi connectivity index (χ3v) is 2.87. The molecule has 2 rings (SSSR count). The second-order valence-electron chi connectivity index (χ2n) is 4.08. The van der Waals surface area contributed by atoms with Gasteiger partial charge in [0.05, 0.1) is 0 Å². The summed E-state index contributed by atoms with van der Waals surface area (Å²) in [7, 11) is 0. The Morgan fingerprint density at radius 2 is 2.36 bits per heavy atom. The second kappa shape index (κ2) is 3.75. The van der Waals surface area contributed by atoms with E-state index in [0.29, 0.717) is 0 Å². The molecule has 1 aliphatic rings. The van der Waals surface area contributed by atoms with E-state index in [4.69, 9.17) is 6.42 Å². The van der Waals surface area contributed by atoms with Crippen molar-refractivity contribution in [2.45, 2.75) is 13.3 Å². The smallest absolute Gasteiger partial charge is 0.0352 e. The lowest BCUT2D eigenvalue weighted by Crippen LogP contribution is -2.04. The molecule has 1 aromatic carbocycles. The van der Waals surface area contributed by atoms with E-state index in [1.165, 1.54) is 6.42 Å². The van der Waals surface area contributed by atoms with Crippen molar-refractivity contribution in [2.75, 3.05) is 11.9 Å². The zero-order valence-electron chi connectivity index (χ0n) is 8.46. The van der Waals surface area contributed by atoms with Crippen LogP contribution in [0.25, 0.3) is 0 Å². The first kappa shape index (κ1) is 9.15. The molecule has 1 fully saturated rings. The number of nitrogens with one attached hydrogen (secondary N) is 1. The van der Waals surface area contributed by atoms with Crippen LogP contribution in [-0.4, -0.2) is 6.54 Å². The van der Waals surface area contributed by atoms with Gasteiger partial charge >= 0.3 is 0 Å². The summed E-state index contributed by atoms with van der Waals surface area (Å²) < 4.78 is 0. The topological polar surface area (TPSA) is 12.0 Å². The molecule has 0 aliphatic heterocycles. The third kappa shape index (κ3) is 2.09. The van der Waals surface area contributed by atoms with E-state index in [9.17, 15) is 0 Å². The summed E-state index contributed by atoms with van der Waals surface area (Å²) in [6.07, 6.45) is 6.69. The molecule has 0 heterocycles. The first-order valence-electron chi connectivity index (χ1n) is 5.10. The van der Waals surface area contributed by atoms with Gasteiger partial charge in [0.2, 0.25) is 0 Å². The Kier molecular flexibility index (Phi) is 2.45. The van der Waals surface area contributed by atoms with Crippen molar-refractivity contribution in [1.29, 1.82) is 0 Å². The van der Waals surface area contributed by atoms with Crippen molar-refractivity contribution >= 4 is 5.69 Å². The Bertz CT molecular complexity index is 362. The lowest BCUT2D eigenvalue weighted by Gasteiger charge is -2.05. The van der Waals surface area contributed by atoms with Gasteiger partial charge in [0.1, 0.15) is 0 Å². The Morgan fingerprint density at radius 1 is 1.57 bits per heavy atom. The van der Waals surface area contributed by atoms with Crippen LogP contribution in [0.4, 0.5) is 5.69 Å². The van der Waals surface area contributed by atoms with E-state index in [2.05, 4.69) is 24.2 Å². The highest BCUT2D eigenvalue weighted by Gasteiger charge is 2.31. The molecule has 72 valence electrons. The fraction of sp³-hybridized carbons (Fsp3) is 0.385. The van der Waals surface area contributed by atoms with Crippen LogP contribution < -0.4 is 5.32 Å². The Morgan fingerprint density at radius 3 is 3.00 bits per heavy atom. The second-order valence-corrected chi connectivity index (χ2v) is 4.08. The van der Waals surface area contributed by atoms with Gasteiger partial charge in [-0.05, 0) is 36.5 Å². The predicted molar refractivity (Wildman–Crippen MR) is 60.1 cm³/mol. The zero-order chi connectivity index (χ0) is 9.97. The lowest BCUT2D eigenvalue weighted by atomic mass is 10.2. The van der Waals surface area contributed by atoms with Crippen LogP contribution >= 0.6 is 0 Å². The van der Waals surface area contributed by atoms with Crippen LogP contribution in [0.15, 0.2) is 24.3 Å². The van der Waals surface area contributed by atoms with Crippen LogP contribution in [0.2, 0.25) is 0 Å². The molecule has 0 bridgehead atoms. The van der Waals surface area contributed by atoms with Crippen LogP contribution in [0.1, 0.15) is 18.9 Å². The van der Waals surface area contributed by atoms with E-state index >= 15 is 0 Å². The average molecular weight is 185 g/mol. The summed E-state index contributed by atoms with van der Waals surface area (Å²) in [5.74, 6) is 4.41. The summed E-state index contributed by atoms with van der Waals surface area (Å²) in [4.78, 5) is 0. The number of hydrogen-bond donors (Lipinski definition) is 1. The molecule has 1 saturated carbocycles. The van der Waals surface area contributed by atoms with E-state index in [1.807, 2.05) is 18.2 Å². The van der Waals surface area contributed by atoms with Gasteiger partial charge in [0.25, 0.3) is 0 Å². The molecule has 0 saturated heterocycles. The molecule has 1 aliphatic carbocycles. The van der Waals surface area contributed by atoms with Crippen LogP contribution in [0.3, 0.4) is 0 Å². The molecule has 14 heavy (non-hydrogen) atoms. The molecule has 2 atom stereocenters. The molecule has 1 N–H and O–H groups in total. The summed E-state index contributed by atoms with van der Waals surface area (Å²) >= 11 is 0. The number of benzene rings is 1. The zero-order valence-corrected chi connectivity index (χ0v) is 8.46. The van der Waals surface area contributed by atoms with Crippen LogP contribution in [0.5, 0.6) is 0 Å². The van der Waals surface area contributed by atoms with Gasteiger partial charge < -0.3 is 5.32 Å². The fourth-order valence-electron chi connectivity index (χ4n) is 1.65. The average Bonchev–Trinajstić information content (AvgIpc) is 2.92. The van der Waals surface area contributed by atoms with Gasteiger partial charge in [-0.1, -0.05) is 18.9 Å². The number of terminal acetylenes is 1. The normalized spacial score (nSPS) is 24.0. The largest absolute Gasteiger partial charge is 0.385 e. The molecular formula is C13H15N. The first-order chi connectivity index (χ1) is 6.79. The molecule has 1 heteroatoms. The molecule has 0 aromatic heterocycles. The maximum atomic E-state index is 5.33. The van der Waals surface area contributed by atoms with Gasteiger partial charge in [-0.3, -0.25) is 0 Å². The molecule has 1 nitrogen and oxygen atoms in total. The van der Waals surface area contributed by atoms with Crippen molar-refractivity contribution in [1.82, 2.24) is 0 Å². The summed E-state index contributed by atoms with van der Waals surface area (Å²) in [6.45, 7) is 3.37. The number of anilines is 1. The van der Waals surface area contributed by atoms with Gasteiger partial charge in [-0.2, -0.15) is 0 Å². The minimum Gasteiger partial charge on any atom is -0.385 e. The quantitative estimate of drug-likeness (QED) is 0.714. The first-order valence-corrected chi connectivity index (χ1v) is 5.10. The SMILES string of the molecule is C#Cc1cccc(NCC2CC2C)c1. The third-order valence-electron chi connectivity index (χ3n) is 2.87. The van der Waals surface area contributed by atoms with Gasteiger partial charge in [-0.15, -0.1) is 6.42 Å². The minimum atomic E-state index is 0.865. The standard InChI is InChI=1S/C13H15N/c1-3-11-5-4-6-13(8-11)14-9-12-7-10(12)2/h1,4-6,8,10,12,14H,7,9H2,2H3. The highest BCUT2D eigenvalue weighted by molar-refractivity contribution is 5.50. The highest BCUT2D eigenvalue weighted by atomic mass is 14.9. The van der Waals surface area contributed by atoms with Gasteiger partial charge in [0, 0.05) is 17.8 Å². The van der Waals surface area contributed by atoms with Crippen LogP contribution in [-0.2, 0) is 0 Å². The van der Waals surface area contributed by atoms with E-state index in [1.54, 1.807) is 0 Å². The van der Waals surface area contributed by atoms with E-state index < -0.39 is 0 Å². The molecule has 2 unspecified atom stereocenters. The van der Waals surface area contributed by atoms with Crippen molar-refractivity contribution in [3.63, 3.8) is 0 Å². The van der Waals surface area contributed by atoms with Crippen molar-refractivity contribution in [3.05, 3.63) is 29.8 Å². The predicted octanol–water partition coefficient (Wildman–Crippen LogP) is 2.74. The summed E-state index contributed by atoms with van der Waals surface area (Å²) in [5, 5.41) is 3.42. The highest BCUT2D eigenvalue weighted by Crippen LogP contribution is 2.37. The molecular weight excluding hydrogens is 170 g/mol. The summed E-state index contributed by atoms with van der Waals surface area (Å²) in [5.41, 5.74) is 2.08. The summed E-state index contributed by atoms with van der Waals surface area (Å²) in [6, 6.07) is 8.03. The molecule has 0 radical (unpaired) electrons. The van der Waals surface area contributed by atoms with E-state index in [0.717, 1.165) is 29.6 Å². The Labute approximate surface area is 85.5 Å². The molecule has 0 amide bonds. The van der Waals surface area contributed by atoms with Gasteiger partial charge in [0.15, 0.2) is 0 Å². The Balaban J connectivity index is 1.92. The lowest BCUT2D eigenvalue weighted by molar-refractivity contribution is 0.787. The van der Waals surface area contributed by atoms with Crippen molar-refractivity contribution < 1.29 is 0 Å². The number of hydrogen-bond acceptors (Lipinski definition) is 1. The van der Waals surface area contributed by atoms with E-state index in [-0.39, 0.29) is 0 Å². The Hall–Kier alpha value is -1.42. The molecule has 0 spiro atoms. The maximum Gasteiger partial charge on any atom is 0.0352 e. The number of rotatable bonds is 3.